The van der Waals surface area contributed by atoms with Gasteiger partial charge in [-0.05, 0) is 42.5 Å². The summed E-state index contributed by atoms with van der Waals surface area (Å²) in [6.45, 7) is 3.88. The van der Waals surface area contributed by atoms with Gasteiger partial charge in [-0.2, -0.15) is 0 Å². The Morgan fingerprint density at radius 2 is 1.24 bits per heavy atom. The molecule has 0 spiro atoms. The molecule has 1 aliphatic heterocycles. The predicted octanol–water partition coefficient (Wildman–Crippen LogP) is 2.83. The van der Waals surface area contributed by atoms with Gasteiger partial charge < -0.3 is 21.3 Å². The first-order valence-electron chi connectivity index (χ1n) is 7.04. The minimum absolute atomic E-state index is 0.638. The molecule has 4 N–H and O–H groups in total. The summed E-state index contributed by atoms with van der Waals surface area (Å²) in [5.41, 5.74) is 15.3. The number of piperazine rings is 1. The zero-order valence-electron chi connectivity index (χ0n) is 11.8. The van der Waals surface area contributed by atoms with Crippen LogP contribution in [-0.2, 0) is 0 Å². The molecule has 21 heavy (non-hydrogen) atoms. The van der Waals surface area contributed by atoms with E-state index >= 15 is 0 Å². The van der Waals surface area contributed by atoms with Crippen LogP contribution in [0.15, 0.2) is 42.5 Å². The number of nitrogens with two attached hydrogens (primary N) is 2. The average molecular weight is 303 g/mol. The van der Waals surface area contributed by atoms with Crippen molar-refractivity contribution in [3.63, 3.8) is 0 Å². The quantitative estimate of drug-likeness (QED) is 0.838. The number of nitrogen functional groups attached to an aromatic ring is 2. The van der Waals surface area contributed by atoms with Crippen molar-refractivity contribution in [2.45, 2.75) is 0 Å². The fourth-order valence-corrected chi connectivity index (χ4v) is 2.76. The third-order valence-electron chi connectivity index (χ3n) is 3.91. The van der Waals surface area contributed by atoms with Crippen molar-refractivity contribution in [3.8, 4) is 0 Å². The van der Waals surface area contributed by atoms with Gasteiger partial charge in [-0.3, -0.25) is 0 Å². The van der Waals surface area contributed by atoms with E-state index < -0.39 is 0 Å². The Hall–Kier alpha value is -2.07. The highest BCUT2D eigenvalue weighted by molar-refractivity contribution is 6.30. The molecule has 0 aromatic heterocycles. The van der Waals surface area contributed by atoms with Crippen LogP contribution in [0.5, 0.6) is 0 Å². The van der Waals surface area contributed by atoms with Gasteiger partial charge in [-0.25, -0.2) is 0 Å². The fourth-order valence-electron chi connectivity index (χ4n) is 2.63. The maximum atomic E-state index is 5.93. The molecule has 0 bridgehead atoms. The van der Waals surface area contributed by atoms with Crippen molar-refractivity contribution in [1.82, 2.24) is 0 Å². The van der Waals surface area contributed by atoms with Crippen molar-refractivity contribution in [1.29, 1.82) is 0 Å². The second-order valence-electron chi connectivity index (χ2n) is 5.26. The molecule has 4 nitrogen and oxygen atoms in total. The molecule has 0 aliphatic carbocycles. The maximum absolute atomic E-state index is 5.93. The molecule has 0 atom stereocenters. The molecule has 2 aromatic rings. The zero-order chi connectivity index (χ0) is 14.8. The normalized spacial score (nSPS) is 15.3. The van der Waals surface area contributed by atoms with E-state index in [9.17, 15) is 0 Å². The molecule has 1 fully saturated rings. The first-order chi connectivity index (χ1) is 10.1. The monoisotopic (exact) mass is 302 g/mol. The van der Waals surface area contributed by atoms with E-state index in [1.54, 1.807) is 0 Å². The lowest BCUT2D eigenvalue weighted by atomic mass is 10.2. The molecule has 1 aliphatic rings. The number of benzene rings is 2. The molecule has 2 aromatic carbocycles. The van der Waals surface area contributed by atoms with E-state index in [1.807, 2.05) is 30.3 Å². The van der Waals surface area contributed by atoms with Gasteiger partial charge >= 0.3 is 0 Å². The van der Waals surface area contributed by atoms with E-state index in [1.165, 1.54) is 5.69 Å². The van der Waals surface area contributed by atoms with Crippen LogP contribution in [0.25, 0.3) is 0 Å². The Morgan fingerprint density at radius 3 is 1.81 bits per heavy atom. The van der Waals surface area contributed by atoms with Gasteiger partial charge in [0.15, 0.2) is 0 Å². The highest BCUT2D eigenvalue weighted by Gasteiger charge is 2.17. The molecular weight excluding hydrogens is 284 g/mol. The Labute approximate surface area is 129 Å². The first kappa shape index (κ1) is 13.9. The Balaban J connectivity index is 1.67. The van der Waals surface area contributed by atoms with Crippen LogP contribution in [0.2, 0.25) is 5.02 Å². The van der Waals surface area contributed by atoms with Gasteiger partial charge in [-0.1, -0.05) is 11.6 Å². The van der Waals surface area contributed by atoms with Gasteiger partial charge in [0.05, 0.1) is 11.4 Å². The van der Waals surface area contributed by atoms with Crippen LogP contribution >= 0.6 is 11.6 Å². The summed E-state index contributed by atoms with van der Waals surface area (Å²) in [5, 5.41) is 0.773. The number of halogens is 1. The summed E-state index contributed by atoms with van der Waals surface area (Å²) in [6.07, 6.45) is 0. The molecule has 0 saturated carbocycles. The molecule has 1 heterocycles. The van der Waals surface area contributed by atoms with Crippen LogP contribution < -0.4 is 21.3 Å². The zero-order valence-corrected chi connectivity index (χ0v) is 12.6. The lowest BCUT2D eigenvalue weighted by molar-refractivity contribution is 0.654. The summed E-state index contributed by atoms with van der Waals surface area (Å²) in [4.78, 5) is 4.70. The summed E-state index contributed by atoms with van der Waals surface area (Å²) in [7, 11) is 0. The van der Waals surface area contributed by atoms with Crippen LogP contribution in [0.1, 0.15) is 0 Å². The topological polar surface area (TPSA) is 58.5 Å². The second kappa shape index (κ2) is 5.74. The van der Waals surface area contributed by atoms with Gasteiger partial charge in [0, 0.05) is 42.6 Å². The van der Waals surface area contributed by atoms with E-state index in [2.05, 4.69) is 21.9 Å². The molecule has 0 radical (unpaired) electrons. The fraction of sp³-hybridized carbons (Fsp3) is 0.250. The molecule has 110 valence electrons. The lowest BCUT2D eigenvalue weighted by Gasteiger charge is -2.37. The largest absolute Gasteiger partial charge is 0.397 e. The second-order valence-corrected chi connectivity index (χ2v) is 5.70. The van der Waals surface area contributed by atoms with Crippen molar-refractivity contribution in [2.75, 3.05) is 47.4 Å². The lowest BCUT2D eigenvalue weighted by Crippen LogP contribution is -2.46. The summed E-state index contributed by atoms with van der Waals surface area (Å²) < 4.78 is 0. The van der Waals surface area contributed by atoms with Gasteiger partial charge in [-0.15, -0.1) is 0 Å². The molecule has 5 heteroatoms. The average Bonchev–Trinajstić information content (AvgIpc) is 2.51. The Bertz CT molecular complexity index is 619. The van der Waals surface area contributed by atoms with E-state index in [0.717, 1.165) is 36.9 Å². The summed E-state index contributed by atoms with van der Waals surface area (Å²) >= 11 is 5.93. The highest BCUT2D eigenvalue weighted by Crippen LogP contribution is 2.25. The minimum atomic E-state index is 0.638. The van der Waals surface area contributed by atoms with Gasteiger partial charge in [0.2, 0.25) is 0 Å². The van der Waals surface area contributed by atoms with Crippen LogP contribution in [0.3, 0.4) is 0 Å². The number of hydrogen-bond acceptors (Lipinski definition) is 4. The van der Waals surface area contributed by atoms with E-state index in [-0.39, 0.29) is 0 Å². The van der Waals surface area contributed by atoms with Crippen molar-refractivity contribution >= 4 is 34.4 Å². The number of nitrogens with zero attached hydrogens (tertiary/aromatic N) is 2. The molecule has 0 unspecified atom stereocenters. The van der Waals surface area contributed by atoms with Gasteiger partial charge in [0.1, 0.15) is 0 Å². The SMILES string of the molecule is Nc1ccc(N2CCN(c3ccc(Cl)cc3)CC2)cc1N. The minimum Gasteiger partial charge on any atom is -0.397 e. The standard InChI is InChI=1S/C16H19ClN4/c17-12-1-3-13(4-2-12)20-7-9-21(10-8-20)14-5-6-15(18)16(19)11-14/h1-6,11H,7-10,18-19H2. The molecule has 1 saturated heterocycles. The smallest absolute Gasteiger partial charge is 0.0568 e. The van der Waals surface area contributed by atoms with Crippen molar-refractivity contribution in [2.24, 2.45) is 0 Å². The Kier molecular flexibility index (Phi) is 3.80. The van der Waals surface area contributed by atoms with Crippen LogP contribution in [0, 0.1) is 0 Å². The van der Waals surface area contributed by atoms with Gasteiger partial charge in [0.25, 0.3) is 0 Å². The summed E-state index contributed by atoms with van der Waals surface area (Å²) in [5.74, 6) is 0. The number of rotatable bonds is 2. The molecule has 0 amide bonds. The van der Waals surface area contributed by atoms with Crippen LogP contribution in [-0.4, -0.2) is 26.2 Å². The Morgan fingerprint density at radius 1 is 0.714 bits per heavy atom. The van der Waals surface area contributed by atoms with Crippen molar-refractivity contribution < 1.29 is 0 Å². The molecule has 3 rings (SSSR count). The number of hydrogen-bond donors (Lipinski definition) is 2. The van der Waals surface area contributed by atoms with E-state index in [0.29, 0.717) is 11.4 Å². The maximum Gasteiger partial charge on any atom is 0.0568 e. The number of anilines is 4. The van der Waals surface area contributed by atoms with Crippen LogP contribution in [0.4, 0.5) is 22.7 Å². The highest BCUT2D eigenvalue weighted by atomic mass is 35.5. The third-order valence-corrected chi connectivity index (χ3v) is 4.16. The predicted molar refractivity (Wildman–Crippen MR) is 91.1 cm³/mol. The summed E-state index contributed by atoms with van der Waals surface area (Å²) in [6, 6.07) is 13.9. The van der Waals surface area contributed by atoms with Crippen molar-refractivity contribution in [3.05, 3.63) is 47.5 Å². The third kappa shape index (κ3) is 3.00. The van der Waals surface area contributed by atoms with E-state index in [4.69, 9.17) is 23.1 Å². The first-order valence-corrected chi connectivity index (χ1v) is 7.42. The molecular formula is C16H19ClN4.